The molecule has 10 heteroatoms. The first-order chi connectivity index (χ1) is 15.4. The summed E-state index contributed by atoms with van der Waals surface area (Å²) in [6, 6.07) is 12.2. The SMILES string of the molecule is CCC(C(=O)N(CC)CC(=O)NCc1ccc(F)cc1)n1nnc(-c2ccc(Cl)cc2)n1. The second kappa shape index (κ2) is 10.8. The van der Waals surface area contributed by atoms with Crippen molar-refractivity contribution in [3.8, 4) is 11.4 Å². The van der Waals surface area contributed by atoms with Gasteiger partial charge in [-0.05, 0) is 60.5 Å². The second-order valence-corrected chi connectivity index (χ2v) is 7.56. The topological polar surface area (TPSA) is 93.0 Å². The lowest BCUT2D eigenvalue weighted by atomic mass is 10.2. The first-order valence-electron chi connectivity index (χ1n) is 10.3. The van der Waals surface area contributed by atoms with Crippen LogP contribution in [0.3, 0.4) is 0 Å². The minimum absolute atomic E-state index is 0.105. The van der Waals surface area contributed by atoms with Crippen LogP contribution in [-0.4, -0.2) is 50.0 Å². The summed E-state index contributed by atoms with van der Waals surface area (Å²) in [6.07, 6.45) is 0.433. The molecule has 168 valence electrons. The summed E-state index contributed by atoms with van der Waals surface area (Å²) in [4.78, 5) is 28.2. The average molecular weight is 459 g/mol. The van der Waals surface area contributed by atoms with Gasteiger partial charge in [-0.3, -0.25) is 9.59 Å². The molecule has 3 rings (SSSR count). The van der Waals surface area contributed by atoms with Gasteiger partial charge >= 0.3 is 0 Å². The molecule has 0 saturated carbocycles. The largest absolute Gasteiger partial charge is 0.350 e. The Hall–Kier alpha value is -3.33. The number of likely N-dealkylation sites (N-methyl/N-ethyl adjacent to an activating group) is 1. The predicted molar refractivity (Wildman–Crippen MR) is 118 cm³/mol. The molecule has 0 saturated heterocycles. The number of hydrogen-bond donors (Lipinski definition) is 1. The third-order valence-electron chi connectivity index (χ3n) is 4.91. The number of carbonyl (C=O) groups is 2. The zero-order chi connectivity index (χ0) is 23.1. The molecule has 1 aromatic heterocycles. The van der Waals surface area contributed by atoms with Gasteiger partial charge in [0.1, 0.15) is 5.82 Å². The zero-order valence-corrected chi connectivity index (χ0v) is 18.6. The molecule has 0 spiro atoms. The van der Waals surface area contributed by atoms with E-state index in [1.54, 1.807) is 43.3 Å². The Labute approximate surface area is 190 Å². The fourth-order valence-electron chi connectivity index (χ4n) is 3.10. The molecule has 0 aliphatic heterocycles. The summed E-state index contributed by atoms with van der Waals surface area (Å²) < 4.78 is 13.0. The highest BCUT2D eigenvalue weighted by Crippen LogP contribution is 2.19. The fraction of sp³-hybridized carbons (Fsp3) is 0.318. The summed E-state index contributed by atoms with van der Waals surface area (Å²) in [5.74, 6) is -0.540. The molecule has 0 aliphatic carbocycles. The van der Waals surface area contributed by atoms with E-state index in [1.807, 2.05) is 6.92 Å². The van der Waals surface area contributed by atoms with E-state index in [-0.39, 0.29) is 30.7 Å². The van der Waals surface area contributed by atoms with E-state index in [0.717, 1.165) is 11.1 Å². The Morgan fingerprint density at radius 3 is 2.44 bits per heavy atom. The van der Waals surface area contributed by atoms with Gasteiger partial charge in [-0.1, -0.05) is 30.7 Å². The van der Waals surface area contributed by atoms with Crippen molar-refractivity contribution in [1.29, 1.82) is 0 Å². The molecule has 2 aromatic carbocycles. The van der Waals surface area contributed by atoms with E-state index < -0.39 is 6.04 Å². The van der Waals surface area contributed by atoms with Crippen molar-refractivity contribution < 1.29 is 14.0 Å². The molecule has 1 N–H and O–H groups in total. The van der Waals surface area contributed by atoms with Crippen molar-refractivity contribution in [2.75, 3.05) is 13.1 Å². The summed E-state index contributed by atoms with van der Waals surface area (Å²) in [7, 11) is 0. The van der Waals surface area contributed by atoms with Crippen LogP contribution in [0.4, 0.5) is 4.39 Å². The van der Waals surface area contributed by atoms with E-state index >= 15 is 0 Å². The number of hydrogen-bond acceptors (Lipinski definition) is 5. The minimum atomic E-state index is -0.687. The maximum absolute atomic E-state index is 13.1. The third kappa shape index (κ3) is 5.88. The number of halogens is 2. The van der Waals surface area contributed by atoms with Crippen LogP contribution in [0.25, 0.3) is 11.4 Å². The number of rotatable bonds is 9. The monoisotopic (exact) mass is 458 g/mol. The smallest absolute Gasteiger partial charge is 0.249 e. The van der Waals surface area contributed by atoms with Gasteiger partial charge < -0.3 is 10.2 Å². The van der Waals surface area contributed by atoms with Crippen LogP contribution in [0.1, 0.15) is 31.9 Å². The Bertz CT molecular complexity index is 1060. The Balaban J connectivity index is 1.64. The van der Waals surface area contributed by atoms with Gasteiger partial charge in [0, 0.05) is 23.7 Å². The van der Waals surface area contributed by atoms with Crippen molar-refractivity contribution in [2.24, 2.45) is 0 Å². The van der Waals surface area contributed by atoms with Crippen LogP contribution in [0, 0.1) is 5.82 Å². The highest BCUT2D eigenvalue weighted by Gasteiger charge is 2.27. The summed E-state index contributed by atoms with van der Waals surface area (Å²) >= 11 is 5.92. The molecule has 1 unspecified atom stereocenters. The van der Waals surface area contributed by atoms with E-state index in [2.05, 4.69) is 20.7 Å². The van der Waals surface area contributed by atoms with Crippen molar-refractivity contribution in [2.45, 2.75) is 32.9 Å². The second-order valence-electron chi connectivity index (χ2n) is 7.12. The fourth-order valence-corrected chi connectivity index (χ4v) is 3.22. The van der Waals surface area contributed by atoms with E-state index in [9.17, 15) is 14.0 Å². The van der Waals surface area contributed by atoms with Crippen molar-refractivity contribution in [1.82, 2.24) is 30.4 Å². The highest BCUT2D eigenvalue weighted by atomic mass is 35.5. The van der Waals surface area contributed by atoms with E-state index in [1.165, 1.54) is 21.8 Å². The molecule has 0 radical (unpaired) electrons. The van der Waals surface area contributed by atoms with Gasteiger partial charge in [0.15, 0.2) is 6.04 Å². The van der Waals surface area contributed by atoms with Crippen LogP contribution < -0.4 is 5.32 Å². The number of nitrogens with zero attached hydrogens (tertiary/aromatic N) is 5. The van der Waals surface area contributed by atoms with Gasteiger partial charge in [0.2, 0.25) is 17.6 Å². The summed E-state index contributed by atoms with van der Waals surface area (Å²) in [5, 5.41) is 15.8. The Kier molecular flexibility index (Phi) is 7.88. The highest BCUT2D eigenvalue weighted by molar-refractivity contribution is 6.30. The molecule has 0 aliphatic rings. The van der Waals surface area contributed by atoms with Crippen molar-refractivity contribution in [3.63, 3.8) is 0 Å². The number of nitrogens with one attached hydrogen (secondary N) is 1. The van der Waals surface area contributed by atoms with Gasteiger partial charge in [-0.25, -0.2) is 4.39 Å². The van der Waals surface area contributed by atoms with E-state index in [0.29, 0.717) is 23.8 Å². The Morgan fingerprint density at radius 2 is 1.81 bits per heavy atom. The van der Waals surface area contributed by atoms with E-state index in [4.69, 9.17) is 11.6 Å². The van der Waals surface area contributed by atoms with Crippen molar-refractivity contribution in [3.05, 3.63) is 64.9 Å². The van der Waals surface area contributed by atoms with Crippen LogP contribution in [0.5, 0.6) is 0 Å². The number of carbonyl (C=O) groups excluding carboxylic acids is 2. The lowest BCUT2D eigenvalue weighted by Gasteiger charge is -2.24. The lowest BCUT2D eigenvalue weighted by Crippen LogP contribution is -2.43. The predicted octanol–water partition coefficient (Wildman–Crippen LogP) is 3.25. The summed E-state index contributed by atoms with van der Waals surface area (Å²) in [6.45, 7) is 4.13. The van der Waals surface area contributed by atoms with Crippen molar-refractivity contribution >= 4 is 23.4 Å². The molecule has 2 amide bonds. The maximum Gasteiger partial charge on any atom is 0.249 e. The van der Waals surface area contributed by atoms with Crippen LogP contribution in [-0.2, 0) is 16.1 Å². The quantitative estimate of drug-likeness (QED) is 0.531. The standard InChI is InChI=1S/C22H24ClFN6O2/c1-3-19(30-27-21(26-28-30)16-7-9-17(23)10-8-16)22(32)29(4-2)14-20(31)25-13-15-5-11-18(24)12-6-15/h5-12,19H,3-4,13-14H2,1-2H3,(H,25,31). The van der Waals surface area contributed by atoms with Crippen LogP contribution in [0.15, 0.2) is 48.5 Å². The first kappa shape index (κ1) is 23.3. The molecule has 0 bridgehead atoms. The molecule has 8 nitrogen and oxygen atoms in total. The molecule has 1 atom stereocenters. The minimum Gasteiger partial charge on any atom is -0.350 e. The number of aromatic nitrogens is 4. The maximum atomic E-state index is 13.1. The molecule has 3 aromatic rings. The number of tetrazole rings is 1. The molecule has 0 fully saturated rings. The summed E-state index contributed by atoms with van der Waals surface area (Å²) in [5.41, 5.74) is 1.50. The van der Waals surface area contributed by atoms with Gasteiger partial charge in [0.05, 0.1) is 6.54 Å². The molecular weight excluding hydrogens is 435 g/mol. The van der Waals surface area contributed by atoms with Gasteiger partial charge in [0.25, 0.3) is 0 Å². The molecular formula is C22H24ClFN6O2. The average Bonchev–Trinajstić information content (AvgIpc) is 3.27. The molecule has 32 heavy (non-hydrogen) atoms. The normalized spacial score (nSPS) is 11.8. The Morgan fingerprint density at radius 1 is 1.12 bits per heavy atom. The molecule has 1 heterocycles. The van der Waals surface area contributed by atoms with Gasteiger partial charge in [-0.2, -0.15) is 4.80 Å². The third-order valence-corrected chi connectivity index (χ3v) is 5.16. The number of benzene rings is 2. The number of amides is 2. The lowest BCUT2D eigenvalue weighted by molar-refractivity contribution is -0.139. The van der Waals surface area contributed by atoms with Gasteiger partial charge in [-0.15, -0.1) is 10.2 Å². The first-order valence-corrected chi connectivity index (χ1v) is 10.6. The van der Waals surface area contributed by atoms with Crippen LogP contribution in [0.2, 0.25) is 5.02 Å². The van der Waals surface area contributed by atoms with Crippen LogP contribution >= 0.6 is 11.6 Å². The zero-order valence-electron chi connectivity index (χ0n) is 17.8.